The molecule has 0 aromatic carbocycles. The molecule has 2 aromatic rings. The first-order valence-electron chi connectivity index (χ1n) is 11.7. The molecule has 35 heavy (non-hydrogen) atoms. The van der Waals surface area contributed by atoms with Crippen LogP contribution in [-0.4, -0.2) is 63.7 Å². The Morgan fingerprint density at radius 3 is 2.83 bits per heavy atom. The Morgan fingerprint density at radius 1 is 1.46 bits per heavy atom. The number of alkyl halides is 1. The Hall–Kier alpha value is -2.34. The Morgan fingerprint density at radius 2 is 2.17 bits per heavy atom. The molecule has 14 heteroatoms. The minimum Gasteiger partial charge on any atom is -0.462 e. The summed E-state index contributed by atoms with van der Waals surface area (Å²) in [5.41, 5.74) is 6.92. The van der Waals surface area contributed by atoms with Gasteiger partial charge >= 0.3 is 5.97 Å². The van der Waals surface area contributed by atoms with Crippen LogP contribution in [0.5, 0.6) is 0 Å². The molecule has 5 atom stereocenters. The van der Waals surface area contributed by atoms with Crippen molar-refractivity contribution in [2.24, 2.45) is 5.92 Å². The maximum absolute atomic E-state index is 15.5. The molecule has 0 radical (unpaired) electrons. The number of hydrogen-bond acceptors (Lipinski definition) is 10. The average molecular weight is 516 g/mol. The van der Waals surface area contributed by atoms with E-state index in [0.29, 0.717) is 17.0 Å². The van der Waals surface area contributed by atoms with E-state index in [-0.39, 0.29) is 24.4 Å². The van der Waals surface area contributed by atoms with Gasteiger partial charge in [0, 0.05) is 25.9 Å². The van der Waals surface area contributed by atoms with Gasteiger partial charge in [-0.05, 0) is 27.2 Å². The van der Waals surface area contributed by atoms with Gasteiger partial charge in [0.15, 0.2) is 17.0 Å². The van der Waals surface area contributed by atoms with Gasteiger partial charge in [-0.25, -0.2) is 14.5 Å². The molecule has 0 saturated carbocycles. The lowest BCUT2D eigenvalue weighted by molar-refractivity contribution is -0.172. The smallest absolute Gasteiger partial charge is 0.323 e. The van der Waals surface area contributed by atoms with E-state index in [1.165, 1.54) is 13.3 Å². The molecule has 0 spiro atoms. The highest BCUT2D eigenvalue weighted by atomic mass is 31.1. The number of hydrogen-bond donors (Lipinski definition) is 2. The van der Waals surface area contributed by atoms with Crippen molar-refractivity contribution in [3.05, 3.63) is 6.33 Å². The van der Waals surface area contributed by atoms with E-state index in [2.05, 4.69) is 27.0 Å². The Bertz CT molecular complexity index is 1070. The average Bonchev–Trinajstić information content (AvgIpc) is 3.31. The number of carbonyl (C=O) groups excluding carboxylic acids is 1. The Labute approximate surface area is 204 Å². The summed E-state index contributed by atoms with van der Waals surface area (Å²) in [6.07, 6.45) is 1.40. The number of nitrogens with zero attached hydrogens (tertiary/aromatic N) is 5. The van der Waals surface area contributed by atoms with Crippen LogP contribution in [0.25, 0.3) is 11.2 Å². The number of esters is 1. The third kappa shape index (κ3) is 6.46. The third-order valence-corrected chi connectivity index (χ3v) is 6.59. The summed E-state index contributed by atoms with van der Waals surface area (Å²) >= 11 is 0. The van der Waals surface area contributed by atoms with Gasteiger partial charge in [-0.1, -0.05) is 13.8 Å². The monoisotopic (exact) mass is 515 g/mol. The molecule has 3 N–H and O–H groups in total. The van der Waals surface area contributed by atoms with Gasteiger partial charge in [0.1, 0.15) is 18.9 Å². The topological polar surface area (TPSA) is 147 Å². The van der Waals surface area contributed by atoms with Crippen LogP contribution < -0.4 is 15.7 Å². The fourth-order valence-corrected chi connectivity index (χ4v) is 4.88. The SMILES string of the molecule is CCCN(C)c1nc(N)nc2c1ncn2[C@@H]1O[C@](F)(CO[PH](=O)N[C@@H](C)C(=O)OC(C)C)C[C@@H]1C. The standard InChI is InChI=1S/C21H35FN7O5P/c1-7-8-28(6)16-15-17(26-20(23)25-16)29(11-24-15)18-13(4)9-21(22,34-18)10-32-35(31)27-14(5)19(30)33-12(2)3/h11-14,18,35H,7-10H2,1-6H3,(H,27,31)(H2,23,25,26)/t13-,14-,18+,21-/m0/s1. The van der Waals surface area contributed by atoms with Crippen LogP contribution in [0.4, 0.5) is 16.2 Å². The minimum absolute atomic E-state index is 0.000587. The lowest BCUT2D eigenvalue weighted by atomic mass is 10.1. The first-order chi connectivity index (χ1) is 16.4. The van der Waals surface area contributed by atoms with Crippen molar-refractivity contribution in [2.45, 2.75) is 71.7 Å². The summed E-state index contributed by atoms with van der Waals surface area (Å²) in [5.74, 6) is -2.37. The van der Waals surface area contributed by atoms with Crippen LogP contribution in [0.2, 0.25) is 0 Å². The number of anilines is 2. The number of halogens is 1. The Balaban J connectivity index is 1.70. The lowest BCUT2D eigenvalue weighted by Gasteiger charge is -2.22. The van der Waals surface area contributed by atoms with Crippen molar-refractivity contribution in [3.63, 3.8) is 0 Å². The molecule has 3 rings (SSSR count). The highest BCUT2D eigenvalue weighted by molar-refractivity contribution is 7.36. The predicted molar refractivity (Wildman–Crippen MR) is 130 cm³/mol. The molecular formula is C21H35FN7O5P. The number of nitrogen functional groups attached to an aromatic ring is 1. The molecule has 1 saturated heterocycles. The van der Waals surface area contributed by atoms with Crippen molar-refractivity contribution in [2.75, 3.05) is 30.8 Å². The van der Waals surface area contributed by atoms with Gasteiger partial charge in [-0.15, -0.1) is 0 Å². The van der Waals surface area contributed by atoms with Crippen molar-refractivity contribution >= 4 is 37.1 Å². The molecule has 196 valence electrons. The van der Waals surface area contributed by atoms with Crippen LogP contribution in [-0.2, 0) is 23.4 Å². The lowest BCUT2D eigenvalue weighted by Crippen LogP contribution is -2.34. The molecule has 1 fully saturated rings. The number of aromatic nitrogens is 4. The van der Waals surface area contributed by atoms with E-state index in [9.17, 15) is 9.36 Å². The third-order valence-electron chi connectivity index (χ3n) is 5.52. The summed E-state index contributed by atoms with van der Waals surface area (Å²) in [4.78, 5) is 26.9. The van der Waals surface area contributed by atoms with Crippen LogP contribution in [0.3, 0.4) is 0 Å². The molecule has 1 unspecified atom stereocenters. The summed E-state index contributed by atoms with van der Waals surface area (Å²) in [7, 11) is -1.03. The first kappa shape index (κ1) is 27.3. The summed E-state index contributed by atoms with van der Waals surface area (Å²) in [6.45, 7) is 8.98. The molecule has 0 bridgehead atoms. The number of nitrogens with one attached hydrogen (secondary N) is 1. The molecule has 1 aliphatic rings. The van der Waals surface area contributed by atoms with Crippen LogP contribution >= 0.6 is 8.18 Å². The molecule has 2 aromatic heterocycles. The molecule has 1 aliphatic heterocycles. The van der Waals surface area contributed by atoms with Gasteiger partial charge < -0.3 is 24.6 Å². The maximum Gasteiger partial charge on any atom is 0.323 e. The van der Waals surface area contributed by atoms with E-state index in [4.69, 9.17) is 19.7 Å². The summed E-state index contributed by atoms with van der Waals surface area (Å²) in [6, 6.07) is -0.863. The van der Waals surface area contributed by atoms with Crippen molar-refractivity contribution in [1.29, 1.82) is 0 Å². The molecule has 3 heterocycles. The van der Waals surface area contributed by atoms with Crippen molar-refractivity contribution in [1.82, 2.24) is 24.6 Å². The quantitative estimate of drug-likeness (QED) is 0.336. The maximum atomic E-state index is 15.5. The zero-order valence-corrected chi connectivity index (χ0v) is 21.9. The van der Waals surface area contributed by atoms with Crippen LogP contribution in [0.15, 0.2) is 6.33 Å². The first-order valence-corrected chi connectivity index (χ1v) is 13.0. The highest BCUT2D eigenvalue weighted by Crippen LogP contribution is 2.44. The molecular weight excluding hydrogens is 480 g/mol. The van der Waals surface area contributed by atoms with Gasteiger partial charge in [-0.2, -0.15) is 9.97 Å². The predicted octanol–water partition coefficient (Wildman–Crippen LogP) is 2.81. The summed E-state index contributed by atoms with van der Waals surface area (Å²) < 4.78 is 45.4. The van der Waals surface area contributed by atoms with Gasteiger partial charge in [0.05, 0.1) is 12.4 Å². The second-order valence-corrected chi connectivity index (χ2v) is 10.3. The van der Waals surface area contributed by atoms with E-state index in [1.807, 2.05) is 18.9 Å². The van der Waals surface area contributed by atoms with Crippen molar-refractivity contribution < 1.29 is 27.7 Å². The fourth-order valence-electron chi connectivity index (χ4n) is 3.98. The number of nitrogens with two attached hydrogens (primary N) is 1. The van der Waals surface area contributed by atoms with E-state index < -0.39 is 38.9 Å². The number of ether oxygens (including phenoxy) is 2. The molecule has 0 amide bonds. The fraction of sp³-hybridized carbons (Fsp3) is 0.714. The second-order valence-electron chi connectivity index (χ2n) is 9.15. The van der Waals surface area contributed by atoms with E-state index in [0.717, 1.165) is 13.0 Å². The highest BCUT2D eigenvalue weighted by Gasteiger charge is 2.47. The van der Waals surface area contributed by atoms with E-state index >= 15 is 4.39 Å². The van der Waals surface area contributed by atoms with Gasteiger partial charge in [-0.3, -0.25) is 13.9 Å². The Kier molecular flexibility index (Phi) is 8.68. The zero-order valence-electron chi connectivity index (χ0n) is 20.9. The molecule has 0 aliphatic carbocycles. The number of fused-ring (bicyclic) bond motifs is 1. The van der Waals surface area contributed by atoms with Gasteiger partial charge in [0.25, 0.3) is 8.18 Å². The van der Waals surface area contributed by atoms with Crippen molar-refractivity contribution in [3.8, 4) is 0 Å². The molecule has 12 nitrogen and oxygen atoms in total. The van der Waals surface area contributed by atoms with Crippen LogP contribution in [0.1, 0.15) is 53.7 Å². The second kappa shape index (κ2) is 11.2. The van der Waals surface area contributed by atoms with Gasteiger partial charge in [0.2, 0.25) is 11.8 Å². The normalized spacial score (nSPS) is 24.1. The number of carbonyl (C=O) groups is 1. The summed E-state index contributed by atoms with van der Waals surface area (Å²) in [5, 5.41) is 2.51. The van der Waals surface area contributed by atoms with E-state index in [1.54, 1.807) is 18.4 Å². The number of rotatable bonds is 11. The minimum atomic E-state index is -2.92. The van der Waals surface area contributed by atoms with Crippen LogP contribution in [0, 0.1) is 5.92 Å². The zero-order chi connectivity index (χ0) is 25.9. The largest absolute Gasteiger partial charge is 0.462 e. The number of imidazole rings is 1.